The summed E-state index contributed by atoms with van der Waals surface area (Å²) in [5.41, 5.74) is 0.760. The molecule has 1 aliphatic carbocycles. The lowest BCUT2D eigenvalue weighted by molar-refractivity contribution is 0.345. The number of fused-ring (bicyclic) bond motifs is 1. The third kappa shape index (κ3) is 3.18. The predicted molar refractivity (Wildman–Crippen MR) is 93.6 cm³/mol. The quantitative estimate of drug-likeness (QED) is 0.750. The SMILES string of the molecule is CCSN(C1CCCCC1)S(=O)(=O)c1nc2ccccc2s1. The summed E-state index contributed by atoms with van der Waals surface area (Å²) in [6.45, 7) is 1.99. The van der Waals surface area contributed by atoms with Crippen molar-refractivity contribution in [3.63, 3.8) is 0 Å². The van der Waals surface area contributed by atoms with Crippen LogP contribution in [0.25, 0.3) is 10.2 Å². The zero-order valence-electron chi connectivity index (χ0n) is 12.6. The molecule has 0 saturated heterocycles. The normalized spacial score (nSPS) is 17.4. The number of hydrogen-bond acceptors (Lipinski definition) is 5. The van der Waals surface area contributed by atoms with Crippen LogP contribution in [0.5, 0.6) is 0 Å². The Morgan fingerprint density at radius 1 is 1.27 bits per heavy atom. The maximum Gasteiger partial charge on any atom is 0.279 e. The second kappa shape index (κ2) is 6.86. The highest BCUT2D eigenvalue weighted by Crippen LogP contribution is 2.35. The molecule has 0 atom stereocenters. The summed E-state index contributed by atoms with van der Waals surface area (Å²) < 4.78 is 28.9. The van der Waals surface area contributed by atoms with Crippen molar-refractivity contribution in [3.05, 3.63) is 24.3 Å². The fourth-order valence-electron chi connectivity index (χ4n) is 2.83. The van der Waals surface area contributed by atoms with E-state index >= 15 is 0 Å². The van der Waals surface area contributed by atoms with Gasteiger partial charge in [-0.1, -0.05) is 50.3 Å². The zero-order valence-corrected chi connectivity index (χ0v) is 15.0. The molecule has 2 aromatic rings. The van der Waals surface area contributed by atoms with Crippen LogP contribution in [0.1, 0.15) is 39.0 Å². The van der Waals surface area contributed by atoms with E-state index in [0.29, 0.717) is 0 Å². The van der Waals surface area contributed by atoms with Crippen LogP contribution in [0.2, 0.25) is 0 Å². The van der Waals surface area contributed by atoms with Crippen LogP contribution in [0.3, 0.4) is 0 Å². The molecule has 22 heavy (non-hydrogen) atoms. The van der Waals surface area contributed by atoms with Gasteiger partial charge in [0.1, 0.15) is 0 Å². The van der Waals surface area contributed by atoms with Crippen LogP contribution >= 0.6 is 23.3 Å². The van der Waals surface area contributed by atoms with Crippen molar-refractivity contribution in [1.29, 1.82) is 0 Å². The van der Waals surface area contributed by atoms with Crippen molar-refractivity contribution in [3.8, 4) is 0 Å². The van der Waals surface area contributed by atoms with Gasteiger partial charge in [-0.3, -0.25) is 0 Å². The summed E-state index contributed by atoms with van der Waals surface area (Å²) in [6, 6.07) is 7.69. The van der Waals surface area contributed by atoms with Gasteiger partial charge in [0.15, 0.2) is 0 Å². The number of hydrogen-bond donors (Lipinski definition) is 0. The number of benzene rings is 1. The van der Waals surface area contributed by atoms with E-state index in [1.165, 1.54) is 29.7 Å². The first-order chi connectivity index (χ1) is 10.6. The molecule has 0 N–H and O–H groups in total. The van der Waals surface area contributed by atoms with E-state index in [-0.39, 0.29) is 10.4 Å². The molecule has 1 aromatic heterocycles. The average molecular weight is 357 g/mol. The van der Waals surface area contributed by atoms with E-state index in [2.05, 4.69) is 4.98 Å². The lowest BCUT2D eigenvalue weighted by atomic mass is 9.96. The third-order valence-electron chi connectivity index (χ3n) is 3.86. The number of rotatable bonds is 5. The highest BCUT2D eigenvalue weighted by atomic mass is 32.3. The minimum absolute atomic E-state index is 0.107. The third-order valence-corrected chi connectivity index (χ3v) is 8.59. The van der Waals surface area contributed by atoms with Gasteiger partial charge >= 0.3 is 0 Å². The summed E-state index contributed by atoms with van der Waals surface area (Å²) in [5, 5.41) is 0. The molecule has 0 radical (unpaired) electrons. The van der Waals surface area contributed by atoms with E-state index < -0.39 is 10.0 Å². The molecule has 1 aromatic carbocycles. The second-order valence-corrected chi connectivity index (χ2v) is 9.90. The molecule has 7 heteroatoms. The molecule has 1 saturated carbocycles. The Labute approximate surface area is 140 Å². The Hall–Kier alpha value is -0.630. The first-order valence-electron chi connectivity index (χ1n) is 7.66. The fraction of sp³-hybridized carbons (Fsp3) is 0.533. The molecule has 0 unspecified atom stereocenters. The van der Waals surface area contributed by atoms with Crippen LogP contribution in [0.4, 0.5) is 0 Å². The minimum atomic E-state index is -3.52. The van der Waals surface area contributed by atoms with Crippen molar-refractivity contribution >= 4 is 43.5 Å². The van der Waals surface area contributed by atoms with Gasteiger partial charge in [0.25, 0.3) is 10.0 Å². The number of para-hydroxylation sites is 1. The molecule has 1 aliphatic rings. The van der Waals surface area contributed by atoms with E-state index in [4.69, 9.17) is 0 Å². The van der Waals surface area contributed by atoms with E-state index in [9.17, 15) is 8.42 Å². The molecule has 120 valence electrons. The Morgan fingerprint density at radius 2 is 2.00 bits per heavy atom. The molecule has 0 amide bonds. The minimum Gasteiger partial charge on any atom is -0.224 e. The van der Waals surface area contributed by atoms with Crippen molar-refractivity contribution in [1.82, 2.24) is 8.69 Å². The van der Waals surface area contributed by atoms with E-state index in [1.54, 1.807) is 3.71 Å². The number of aromatic nitrogens is 1. The monoisotopic (exact) mass is 356 g/mol. The largest absolute Gasteiger partial charge is 0.279 e. The average Bonchev–Trinajstić information content (AvgIpc) is 2.98. The van der Waals surface area contributed by atoms with Gasteiger partial charge in [-0.2, -0.15) is 0 Å². The van der Waals surface area contributed by atoms with Gasteiger partial charge in [0.05, 0.1) is 10.2 Å². The summed E-state index contributed by atoms with van der Waals surface area (Å²) >= 11 is 2.67. The van der Waals surface area contributed by atoms with Gasteiger partial charge in [0, 0.05) is 11.8 Å². The maximum absolute atomic E-state index is 13.0. The molecular weight excluding hydrogens is 336 g/mol. The molecular formula is C15H20N2O2S3. The highest BCUT2D eigenvalue weighted by molar-refractivity contribution is 8.09. The van der Waals surface area contributed by atoms with E-state index in [0.717, 1.165) is 41.7 Å². The van der Waals surface area contributed by atoms with Crippen LogP contribution < -0.4 is 0 Å². The maximum atomic E-state index is 13.0. The Kier molecular flexibility index (Phi) is 5.07. The molecule has 1 fully saturated rings. The zero-order chi connectivity index (χ0) is 15.6. The molecule has 0 bridgehead atoms. The number of sulfonamides is 1. The first-order valence-corrected chi connectivity index (χ1v) is 10.9. The van der Waals surface area contributed by atoms with Crippen LogP contribution in [0, 0.1) is 0 Å². The first kappa shape index (κ1) is 16.2. The number of thiazole rings is 1. The van der Waals surface area contributed by atoms with Crippen molar-refractivity contribution < 1.29 is 8.42 Å². The smallest absolute Gasteiger partial charge is 0.224 e. The summed E-state index contributed by atoms with van der Waals surface area (Å²) in [4.78, 5) is 4.36. The molecule has 1 heterocycles. The standard InChI is InChI=1S/C15H20N2O2S3/c1-2-20-17(12-8-4-3-5-9-12)22(18,19)15-16-13-10-6-7-11-14(13)21-15/h6-7,10-12H,2-5,8-9H2,1H3. The van der Waals surface area contributed by atoms with Gasteiger partial charge in [-0.15, -0.1) is 15.0 Å². The van der Waals surface area contributed by atoms with Crippen LogP contribution in [0.15, 0.2) is 28.6 Å². The van der Waals surface area contributed by atoms with Gasteiger partial charge in [0.2, 0.25) is 4.34 Å². The molecule has 0 spiro atoms. The molecule has 4 nitrogen and oxygen atoms in total. The molecule has 3 rings (SSSR count). The van der Waals surface area contributed by atoms with Crippen molar-refractivity contribution in [2.45, 2.75) is 49.4 Å². The van der Waals surface area contributed by atoms with Crippen LogP contribution in [-0.2, 0) is 10.0 Å². The highest BCUT2D eigenvalue weighted by Gasteiger charge is 2.34. The lowest BCUT2D eigenvalue weighted by Crippen LogP contribution is -2.36. The fourth-order valence-corrected chi connectivity index (χ4v) is 7.33. The van der Waals surface area contributed by atoms with Crippen molar-refractivity contribution in [2.24, 2.45) is 0 Å². The summed E-state index contributed by atoms with van der Waals surface area (Å²) in [5.74, 6) is 0.751. The van der Waals surface area contributed by atoms with Gasteiger partial charge in [-0.05, 0) is 25.0 Å². The summed E-state index contributed by atoms with van der Waals surface area (Å²) in [6.07, 6.45) is 5.35. The van der Waals surface area contributed by atoms with Gasteiger partial charge < -0.3 is 0 Å². The predicted octanol–water partition coefficient (Wildman–Crippen LogP) is 4.29. The van der Waals surface area contributed by atoms with Crippen molar-refractivity contribution in [2.75, 3.05) is 5.75 Å². The second-order valence-electron chi connectivity index (χ2n) is 5.42. The Bertz CT molecular complexity index is 703. The van der Waals surface area contributed by atoms with E-state index in [1.807, 2.05) is 31.2 Å². The number of nitrogens with zero attached hydrogens (tertiary/aromatic N) is 2. The van der Waals surface area contributed by atoms with Gasteiger partial charge in [-0.25, -0.2) is 13.4 Å². The lowest BCUT2D eigenvalue weighted by Gasteiger charge is -2.31. The Balaban J connectivity index is 1.96. The Morgan fingerprint density at radius 3 is 2.68 bits per heavy atom. The molecule has 0 aliphatic heterocycles. The topological polar surface area (TPSA) is 50.3 Å². The van der Waals surface area contributed by atoms with Crippen LogP contribution in [-0.4, -0.2) is 28.9 Å². The summed E-state index contributed by atoms with van der Waals surface area (Å²) in [7, 11) is -3.52.